The van der Waals surface area contributed by atoms with E-state index in [1.54, 1.807) is 18.5 Å². The van der Waals surface area contributed by atoms with Gasteiger partial charge in [0.15, 0.2) is 5.82 Å². The fourth-order valence-corrected chi connectivity index (χ4v) is 2.35. The normalized spacial score (nSPS) is 10.3. The van der Waals surface area contributed by atoms with Gasteiger partial charge in [-0.1, -0.05) is 11.2 Å². The molecule has 0 aliphatic carbocycles. The van der Waals surface area contributed by atoms with E-state index < -0.39 is 0 Å². The zero-order valence-electron chi connectivity index (χ0n) is 9.78. The smallest absolute Gasteiger partial charge is 0.268 e. The van der Waals surface area contributed by atoms with E-state index in [1.165, 1.54) is 11.3 Å². The molecular formula is C13H8N4OS. The average Bonchev–Trinajstić information content (AvgIpc) is 3.08. The van der Waals surface area contributed by atoms with Gasteiger partial charge in [-0.05, 0) is 23.8 Å². The molecule has 0 bridgehead atoms. The third-order valence-corrected chi connectivity index (χ3v) is 3.46. The molecule has 0 saturated heterocycles. The summed E-state index contributed by atoms with van der Waals surface area (Å²) in [6.07, 6.45) is 4.07. The predicted molar refractivity (Wildman–Crippen MR) is 69.4 cm³/mol. The molecule has 0 aliphatic rings. The fraction of sp³-hybridized carbons (Fsp3) is 0.0769. The summed E-state index contributed by atoms with van der Waals surface area (Å²) in [7, 11) is 0. The summed E-state index contributed by atoms with van der Waals surface area (Å²) in [5, 5.41) is 12.7. The van der Waals surface area contributed by atoms with Crippen LogP contribution in [0.3, 0.4) is 0 Å². The van der Waals surface area contributed by atoms with Crippen molar-refractivity contribution in [3.63, 3.8) is 0 Å². The average molecular weight is 268 g/mol. The molecule has 0 N–H and O–H groups in total. The Morgan fingerprint density at radius 3 is 3.00 bits per heavy atom. The van der Waals surface area contributed by atoms with Crippen LogP contribution in [0.1, 0.15) is 16.3 Å². The lowest BCUT2D eigenvalue weighted by Crippen LogP contribution is -1.90. The van der Waals surface area contributed by atoms with Crippen molar-refractivity contribution in [2.45, 2.75) is 6.42 Å². The number of rotatable bonds is 3. The van der Waals surface area contributed by atoms with Crippen LogP contribution >= 0.6 is 11.3 Å². The maximum atomic E-state index is 8.78. The molecule has 3 aromatic heterocycles. The molecule has 3 heterocycles. The molecule has 6 heteroatoms. The van der Waals surface area contributed by atoms with E-state index in [0.29, 0.717) is 23.0 Å². The molecule has 0 amide bonds. The number of nitrogens with zero attached hydrogens (tertiary/aromatic N) is 4. The van der Waals surface area contributed by atoms with E-state index in [4.69, 9.17) is 9.78 Å². The Morgan fingerprint density at radius 2 is 2.26 bits per heavy atom. The van der Waals surface area contributed by atoms with Gasteiger partial charge in [-0.25, -0.2) is 0 Å². The summed E-state index contributed by atoms with van der Waals surface area (Å²) in [4.78, 5) is 9.79. The van der Waals surface area contributed by atoms with Gasteiger partial charge in [-0.15, -0.1) is 11.3 Å². The molecule has 0 spiro atoms. The predicted octanol–water partition coefficient (Wildman–Crippen LogP) is 2.66. The molecule has 3 rings (SSSR count). The zero-order chi connectivity index (χ0) is 13.1. The van der Waals surface area contributed by atoms with Crippen LogP contribution in [0.5, 0.6) is 0 Å². The highest BCUT2D eigenvalue weighted by molar-refractivity contribution is 7.15. The highest BCUT2D eigenvalue weighted by Gasteiger charge is 2.11. The Balaban J connectivity index is 1.82. The molecule has 0 atom stereocenters. The van der Waals surface area contributed by atoms with Crippen molar-refractivity contribution in [2.24, 2.45) is 0 Å². The number of aromatic nitrogens is 3. The maximum Gasteiger partial charge on any atom is 0.268 e. The maximum absolute atomic E-state index is 8.78. The van der Waals surface area contributed by atoms with Crippen molar-refractivity contribution < 1.29 is 4.52 Å². The van der Waals surface area contributed by atoms with E-state index in [9.17, 15) is 0 Å². The molecule has 19 heavy (non-hydrogen) atoms. The highest BCUT2D eigenvalue weighted by atomic mass is 32.1. The van der Waals surface area contributed by atoms with Gasteiger partial charge >= 0.3 is 0 Å². The standard InChI is InChI=1S/C13H8N4OS/c14-7-10-3-4-11(19-10)13-16-12(17-18-13)6-9-2-1-5-15-8-9/h1-5,8H,6H2. The van der Waals surface area contributed by atoms with Crippen LogP contribution < -0.4 is 0 Å². The van der Waals surface area contributed by atoms with Crippen molar-refractivity contribution in [2.75, 3.05) is 0 Å². The van der Waals surface area contributed by atoms with Crippen molar-refractivity contribution in [1.29, 1.82) is 5.26 Å². The van der Waals surface area contributed by atoms with Crippen molar-refractivity contribution in [3.8, 4) is 16.8 Å². The first kappa shape index (κ1) is 11.6. The van der Waals surface area contributed by atoms with Crippen molar-refractivity contribution >= 4 is 11.3 Å². The van der Waals surface area contributed by atoms with E-state index in [2.05, 4.69) is 21.2 Å². The zero-order valence-corrected chi connectivity index (χ0v) is 10.6. The largest absolute Gasteiger partial charge is 0.333 e. The van der Waals surface area contributed by atoms with Crippen LogP contribution in [0.15, 0.2) is 41.2 Å². The molecule has 0 radical (unpaired) electrons. The second kappa shape index (κ2) is 5.00. The van der Waals surface area contributed by atoms with Crippen molar-refractivity contribution in [1.82, 2.24) is 15.1 Å². The SMILES string of the molecule is N#Cc1ccc(-c2nc(Cc3cccnc3)no2)s1. The van der Waals surface area contributed by atoms with Crippen LogP contribution in [0.4, 0.5) is 0 Å². The summed E-state index contributed by atoms with van der Waals surface area (Å²) in [6.45, 7) is 0. The lowest BCUT2D eigenvalue weighted by molar-refractivity contribution is 0.424. The second-order valence-electron chi connectivity index (χ2n) is 3.83. The second-order valence-corrected chi connectivity index (χ2v) is 4.91. The van der Waals surface area contributed by atoms with Crippen molar-refractivity contribution in [3.05, 3.63) is 52.9 Å². The number of thiophene rings is 1. The van der Waals surface area contributed by atoms with Crippen LogP contribution in [0.2, 0.25) is 0 Å². The minimum atomic E-state index is 0.449. The van der Waals surface area contributed by atoms with E-state index >= 15 is 0 Å². The molecule has 0 fully saturated rings. The number of hydrogen-bond acceptors (Lipinski definition) is 6. The number of nitriles is 1. The molecule has 5 nitrogen and oxygen atoms in total. The minimum absolute atomic E-state index is 0.449. The first-order valence-corrected chi connectivity index (χ1v) is 6.38. The Bertz CT molecular complexity index is 726. The van der Waals surface area contributed by atoms with Gasteiger partial charge < -0.3 is 4.52 Å². The van der Waals surface area contributed by atoms with Gasteiger partial charge in [-0.3, -0.25) is 4.98 Å². The molecule has 0 unspecified atom stereocenters. The van der Waals surface area contributed by atoms with E-state index in [0.717, 1.165) is 10.4 Å². The van der Waals surface area contributed by atoms with Crippen LogP contribution in [-0.2, 0) is 6.42 Å². The summed E-state index contributed by atoms with van der Waals surface area (Å²) in [5.41, 5.74) is 1.03. The third-order valence-electron chi connectivity index (χ3n) is 2.48. The third kappa shape index (κ3) is 2.51. The quantitative estimate of drug-likeness (QED) is 0.730. The summed E-state index contributed by atoms with van der Waals surface area (Å²) < 4.78 is 5.20. The monoisotopic (exact) mass is 268 g/mol. The minimum Gasteiger partial charge on any atom is -0.333 e. The van der Waals surface area contributed by atoms with Gasteiger partial charge in [-0.2, -0.15) is 10.2 Å². The van der Waals surface area contributed by atoms with Gasteiger partial charge in [0, 0.05) is 18.8 Å². The Morgan fingerprint density at radius 1 is 1.32 bits per heavy atom. The summed E-state index contributed by atoms with van der Waals surface area (Å²) in [6, 6.07) is 9.47. The molecule has 0 saturated carbocycles. The topological polar surface area (TPSA) is 75.6 Å². The molecular weight excluding hydrogens is 260 g/mol. The van der Waals surface area contributed by atoms with Gasteiger partial charge in [0.05, 0.1) is 4.88 Å². The van der Waals surface area contributed by atoms with Gasteiger partial charge in [0.2, 0.25) is 0 Å². The van der Waals surface area contributed by atoms with Gasteiger partial charge in [0.1, 0.15) is 10.9 Å². The lowest BCUT2D eigenvalue weighted by Gasteiger charge is -1.93. The molecule has 92 valence electrons. The molecule has 0 aliphatic heterocycles. The number of hydrogen-bond donors (Lipinski definition) is 0. The Hall–Kier alpha value is -2.52. The lowest BCUT2D eigenvalue weighted by atomic mass is 10.2. The Kier molecular flexibility index (Phi) is 3.04. The first-order chi connectivity index (χ1) is 9.35. The first-order valence-electron chi connectivity index (χ1n) is 5.57. The Labute approximate surface area is 113 Å². The van der Waals surface area contributed by atoms with E-state index in [-0.39, 0.29) is 0 Å². The van der Waals surface area contributed by atoms with E-state index in [1.807, 2.05) is 18.2 Å². The summed E-state index contributed by atoms with van der Waals surface area (Å²) >= 11 is 1.34. The molecule has 3 aromatic rings. The van der Waals surface area contributed by atoms with Crippen LogP contribution in [0.25, 0.3) is 10.8 Å². The fourth-order valence-electron chi connectivity index (χ4n) is 1.62. The molecule has 0 aromatic carbocycles. The summed E-state index contributed by atoms with van der Waals surface area (Å²) in [5.74, 6) is 1.06. The van der Waals surface area contributed by atoms with Gasteiger partial charge in [0.25, 0.3) is 5.89 Å². The highest BCUT2D eigenvalue weighted by Crippen LogP contribution is 2.26. The van der Waals surface area contributed by atoms with Crippen LogP contribution in [0, 0.1) is 11.3 Å². The number of pyridine rings is 1. The van der Waals surface area contributed by atoms with Crippen LogP contribution in [-0.4, -0.2) is 15.1 Å².